The zero-order valence-corrected chi connectivity index (χ0v) is 16.2. The van der Waals surface area contributed by atoms with Crippen LogP contribution in [0.25, 0.3) is 11.0 Å². The molecule has 1 fully saturated rings. The van der Waals surface area contributed by atoms with E-state index < -0.39 is 11.2 Å². The van der Waals surface area contributed by atoms with Gasteiger partial charge in [0.15, 0.2) is 0 Å². The highest BCUT2D eigenvalue weighted by atomic mass is 35.5. The number of nitrogens with two attached hydrogens (primary N) is 1. The van der Waals surface area contributed by atoms with Gasteiger partial charge in [0.05, 0.1) is 10.9 Å². The molecule has 2 aromatic rings. The first-order valence-electron chi connectivity index (χ1n) is 8.05. The molecule has 1 aliphatic heterocycles. The standard InChI is InChI=1S/C16H21N5O3.2ClH/c1-9(17)12-5-3-4-6-21(12)15(23)10-7-11-13(18-8-10)20(2)16(24)19-14(11)22;;/h7-9,12H,3-6,17H2,1-2H3,(H,19,22,24);2*1H. The van der Waals surface area contributed by atoms with Crippen molar-refractivity contribution >= 4 is 41.8 Å². The Balaban J connectivity index is 0.00000169. The van der Waals surface area contributed by atoms with E-state index in [-0.39, 0.29) is 53.8 Å². The summed E-state index contributed by atoms with van der Waals surface area (Å²) in [6.45, 7) is 2.54. The van der Waals surface area contributed by atoms with Gasteiger partial charge >= 0.3 is 5.69 Å². The number of fused-ring (bicyclic) bond motifs is 1. The van der Waals surface area contributed by atoms with Gasteiger partial charge in [0.2, 0.25) is 0 Å². The van der Waals surface area contributed by atoms with Crippen LogP contribution in [0.5, 0.6) is 0 Å². The van der Waals surface area contributed by atoms with Gasteiger partial charge in [-0.3, -0.25) is 19.1 Å². The van der Waals surface area contributed by atoms with Crippen LogP contribution in [0.2, 0.25) is 0 Å². The number of aromatic nitrogens is 3. The molecule has 0 radical (unpaired) electrons. The molecule has 3 N–H and O–H groups in total. The third kappa shape index (κ3) is 3.92. The molecule has 1 amide bonds. The Morgan fingerprint density at radius 3 is 2.69 bits per heavy atom. The number of amides is 1. The first-order chi connectivity index (χ1) is 11.4. The van der Waals surface area contributed by atoms with Gasteiger partial charge in [-0.05, 0) is 32.3 Å². The lowest BCUT2D eigenvalue weighted by Gasteiger charge is -2.38. The van der Waals surface area contributed by atoms with Crippen LogP contribution in [-0.4, -0.2) is 44.0 Å². The van der Waals surface area contributed by atoms with Crippen molar-refractivity contribution in [3.05, 3.63) is 38.7 Å². The number of H-pyrrole nitrogens is 1. The molecule has 0 spiro atoms. The molecule has 8 nitrogen and oxygen atoms in total. The van der Waals surface area contributed by atoms with Crippen LogP contribution >= 0.6 is 24.8 Å². The topological polar surface area (TPSA) is 114 Å². The third-order valence-electron chi connectivity index (χ3n) is 4.62. The van der Waals surface area contributed by atoms with E-state index in [9.17, 15) is 14.4 Å². The lowest BCUT2D eigenvalue weighted by Crippen LogP contribution is -2.51. The van der Waals surface area contributed by atoms with E-state index in [1.807, 2.05) is 6.92 Å². The van der Waals surface area contributed by atoms with E-state index in [0.29, 0.717) is 12.1 Å². The van der Waals surface area contributed by atoms with Gasteiger partial charge in [-0.25, -0.2) is 9.78 Å². The van der Waals surface area contributed by atoms with Crippen molar-refractivity contribution in [1.82, 2.24) is 19.4 Å². The summed E-state index contributed by atoms with van der Waals surface area (Å²) >= 11 is 0. The lowest BCUT2D eigenvalue weighted by molar-refractivity contribution is 0.0583. The highest BCUT2D eigenvalue weighted by Crippen LogP contribution is 2.22. The van der Waals surface area contributed by atoms with Crippen LogP contribution in [-0.2, 0) is 7.05 Å². The van der Waals surface area contributed by atoms with Gasteiger partial charge in [0.1, 0.15) is 5.65 Å². The summed E-state index contributed by atoms with van der Waals surface area (Å²) in [6, 6.07) is 1.36. The Morgan fingerprint density at radius 2 is 2.04 bits per heavy atom. The van der Waals surface area contributed by atoms with Gasteiger partial charge < -0.3 is 10.6 Å². The maximum Gasteiger partial charge on any atom is 0.329 e. The number of aromatic amines is 1. The van der Waals surface area contributed by atoms with E-state index in [4.69, 9.17) is 5.73 Å². The highest BCUT2D eigenvalue weighted by Gasteiger charge is 2.30. The molecule has 0 aromatic carbocycles. The second-order valence-electron chi connectivity index (χ2n) is 6.33. The van der Waals surface area contributed by atoms with Gasteiger partial charge in [-0.1, -0.05) is 0 Å². The van der Waals surface area contributed by atoms with Crippen LogP contribution in [0.3, 0.4) is 0 Å². The number of piperidine rings is 1. The van der Waals surface area contributed by atoms with E-state index in [0.717, 1.165) is 19.3 Å². The van der Waals surface area contributed by atoms with Crippen molar-refractivity contribution < 1.29 is 4.79 Å². The normalized spacial score (nSPS) is 18.0. The number of hydrogen-bond acceptors (Lipinski definition) is 5. The zero-order chi connectivity index (χ0) is 17.4. The minimum Gasteiger partial charge on any atom is -0.334 e. The number of hydrogen-bond donors (Lipinski definition) is 2. The van der Waals surface area contributed by atoms with Crippen LogP contribution in [0.15, 0.2) is 21.9 Å². The van der Waals surface area contributed by atoms with Gasteiger partial charge in [-0.2, -0.15) is 0 Å². The van der Waals surface area contributed by atoms with Crippen molar-refractivity contribution in [2.75, 3.05) is 6.54 Å². The maximum atomic E-state index is 12.9. The highest BCUT2D eigenvalue weighted by molar-refractivity contribution is 5.97. The molecule has 26 heavy (non-hydrogen) atoms. The number of carbonyl (C=O) groups excluding carboxylic acids is 1. The average molecular weight is 404 g/mol. The average Bonchev–Trinajstić information content (AvgIpc) is 2.58. The minimum atomic E-state index is -0.544. The molecule has 3 heterocycles. The van der Waals surface area contributed by atoms with Gasteiger partial charge in [0, 0.05) is 31.9 Å². The van der Waals surface area contributed by atoms with Crippen LogP contribution in [0, 0.1) is 0 Å². The number of rotatable bonds is 2. The van der Waals surface area contributed by atoms with Crippen molar-refractivity contribution in [2.45, 2.75) is 38.3 Å². The summed E-state index contributed by atoms with van der Waals surface area (Å²) in [6.07, 6.45) is 4.27. The van der Waals surface area contributed by atoms with Crippen molar-refractivity contribution in [3.8, 4) is 0 Å². The molecule has 1 saturated heterocycles. The number of halogens is 2. The van der Waals surface area contributed by atoms with Gasteiger partial charge in [0.25, 0.3) is 11.5 Å². The smallest absolute Gasteiger partial charge is 0.329 e. The van der Waals surface area contributed by atoms with E-state index >= 15 is 0 Å². The fraction of sp³-hybridized carbons (Fsp3) is 0.500. The fourth-order valence-electron chi connectivity index (χ4n) is 3.28. The largest absolute Gasteiger partial charge is 0.334 e. The number of pyridine rings is 1. The maximum absolute atomic E-state index is 12.9. The molecule has 144 valence electrons. The predicted octanol–water partition coefficient (Wildman–Crippen LogP) is 0.807. The second kappa shape index (κ2) is 8.66. The molecular formula is C16H23Cl2N5O3. The monoisotopic (exact) mass is 403 g/mol. The molecule has 0 bridgehead atoms. The summed E-state index contributed by atoms with van der Waals surface area (Å²) in [5, 5.41) is 0.220. The Kier molecular flexibility index (Phi) is 7.37. The second-order valence-corrected chi connectivity index (χ2v) is 6.33. The van der Waals surface area contributed by atoms with Crippen molar-refractivity contribution in [3.63, 3.8) is 0 Å². The van der Waals surface area contributed by atoms with E-state index in [2.05, 4.69) is 9.97 Å². The molecule has 0 aliphatic carbocycles. The molecule has 1 aliphatic rings. The summed E-state index contributed by atoms with van der Waals surface area (Å²) < 4.78 is 1.25. The Morgan fingerprint density at radius 1 is 1.35 bits per heavy atom. The quantitative estimate of drug-likeness (QED) is 0.769. The van der Waals surface area contributed by atoms with Crippen molar-refractivity contribution in [2.24, 2.45) is 12.8 Å². The number of aryl methyl sites for hydroxylation is 1. The number of nitrogens with one attached hydrogen (secondary N) is 1. The zero-order valence-electron chi connectivity index (χ0n) is 14.6. The Hall–Kier alpha value is -1.90. The summed E-state index contributed by atoms with van der Waals surface area (Å²) in [7, 11) is 1.52. The fourth-order valence-corrected chi connectivity index (χ4v) is 3.28. The van der Waals surface area contributed by atoms with Crippen LogP contribution < -0.4 is 17.0 Å². The summed E-state index contributed by atoms with van der Waals surface area (Å²) in [5.41, 5.74) is 5.53. The number of nitrogens with zero attached hydrogens (tertiary/aromatic N) is 3. The minimum absolute atomic E-state index is 0. The Labute approximate surface area is 162 Å². The van der Waals surface area contributed by atoms with E-state index in [1.165, 1.54) is 23.9 Å². The molecule has 2 unspecified atom stereocenters. The predicted molar refractivity (Wildman–Crippen MR) is 104 cm³/mol. The van der Waals surface area contributed by atoms with Crippen LogP contribution in [0.4, 0.5) is 0 Å². The Bertz CT molecular complexity index is 909. The SMILES string of the molecule is CC(N)C1CCCCN1C(=O)c1cnc2c(c1)c(=O)[nH]c(=O)n2C.Cl.Cl. The molecule has 2 aromatic heterocycles. The molecule has 3 rings (SSSR count). The first kappa shape index (κ1) is 22.1. The molecule has 10 heteroatoms. The summed E-state index contributed by atoms with van der Waals surface area (Å²) in [4.78, 5) is 44.7. The van der Waals surface area contributed by atoms with Crippen LogP contribution in [0.1, 0.15) is 36.5 Å². The molecule has 2 atom stereocenters. The number of likely N-dealkylation sites (tertiary alicyclic amines) is 1. The first-order valence-corrected chi connectivity index (χ1v) is 8.05. The van der Waals surface area contributed by atoms with Crippen molar-refractivity contribution in [1.29, 1.82) is 0 Å². The number of carbonyl (C=O) groups is 1. The lowest BCUT2D eigenvalue weighted by atomic mass is 9.96. The summed E-state index contributed by atoms with van der Waals surface area (Å²) in [5.74, 6) is -0.181. The van der Waals surface area contributed by atoms with Gasteiger partial charge in [-0.15, -0.1) is 24.8 Å². The molecule has 0 saturated carbocycles. The third-order valence-corrected chi connectivity index (χ3v) is 4.62. The molecular weight excluding hydrogens is 381 g/mol. The van der Waals surface area contributed by atoms with E-state index in [1.54, 1.807) is 4.90 Å².